The number of hydrogen-bond donors (Lipinski definition) is 1. The highest BCUT2D eigenvalue weighted by molar-refractivity contribution is 5.70. The van der Waals surface area contributed by atoms with Crippen LogP contribution in [0.4, 0.5) is 4.79 Å². The summed E-state index contributed by atoms with van der Waals surface area (Å²) in [6, 6.07) is 18.2. The summed E-state index contributed by atoms with van der Waals surface area (Å²) in [5.74, 6) is -0.460. The van der Waals surface area contributed by atoms with Crippen molar-refractivity contribution in [2.24, 2.45) is 0 Å². The number of piperidine rings is 1. The van der Waals surface area contributed by atoms with Crippen LogP contribution in [-0.4, -0.2) is 52.3 Å². The van der Waals surface area contributed by atoms with Crippen molar-refractivity contribution in [1.82, 2.24) is 9.96 Å². The van der Waals surface area contributed by atoms with Crippen molar-refractivity contribution in [2.45, 2.75) is 38.5 Å². The number of carbonyl (C=O) groups is 2. The molecule has 29 heavy (non-hydrogen) atoms. The number of benzene rings is 2. The van der Waals surface area contributed by atoms with Crippen molar-refractivity contribution in [3.8, 4) is 5.75 Å². The van der Waals surface area contributed by atoms with Crippen molar-refractivity contribution >= 4 is 12.1 Å². The van der Waals surface area contributed by atoms with Crippen LogP contribution in [0, 0.1) is 0 Å². The zero-order chi connectivity index (χ0) is 20.6. The highest BCUT2D eigenvalue weighted by atomic mass is 16.7. The molecule has 0 spiro atoms. The third-order valence-electron chi connectivity index (χ3n) is 5.00. The molecule has 1 saturated heterocycles. The highest BCUT2D eigenvalue weighted by Crippen LogP contribution is 2.23. The van der Waals surface area contributed by atoms with E-state index in [-0.39, 0.29) is 25.2 Å². The molecule has 154 valence electrons. The molecular weight excluding hydrogens is 372 g/mol. The predicted molar refractivity (Wildman–Crippen MR) is 107 cm³/mol. The lowest BCUT2D eigenvalue weighted by Gasteiger charge is -2.40. The van der Waals surface area contributed by atoms with Gasteiger partial charge in [0.25, 0.3) is 0 Å². The standard InChI is InChI=1S/C22H26N2O5/c1-17-12-13-19(14-23(17)15-21(25)26)24(28-16-18-8-4-2-5-9-18)22(27)29-20-10-6-3-7-11-20/h2-11,17,19H,12-16H2,1H3,(H,25,26)/t17-,19?/m1/s1. The van der Waals surface area contributed by atoms with Gasteiger partial charge in [0.15, 0.2) is 0 Å². The summed E-state index contributed by atoms with van der Waals surface area (Å²) in [5.41, 5.74) is 0.927. The van der Waals surface area contributed by atoms with Gasteiger partial charge in [0.1, 0.15) is 12.4 Å². The topological polar surface area (TPSA) is 79.3 Å². The number of para-hydroxylation sites is 1. The van der Waals surface area contributed by atoms with Gasteiger partial charge in [-0.25, -0.2) is 4.79 Å². The number of carboxylic acids is 1. The minimum atomic E-state index is -0.888. The molecule has 1 N–H and O–H groups in total. The van der Waals surface area contributed by atoms with Crippen LogP contribution in [0.3, 0.4) is 0 Å². The van der Waals surface area contributed by atoms with Gasteiger partial charge in [-0.05, 0) is 37.5 Å². The molecule has 1 fully saturated rings. The number of likely N-dealkylation sites (tertiary alicyclic amines) is 1. The number of hydrogen-bond acceptors (Lipinski definition) is 5. The van der Waals surface area contributed by atoms with E-state index < -0.39 is 12.1 Å². The number of nitrogens with zero attached hydrogens (tertiary/aromatic N) is 2. The molecular formula is C22H26N2O5. The minimum absolute atomic E-state index is 0.0715. The maximum Gasteiger partial charge on any atom is 0.439 e. The Kier molecular flexibility index (Phi) is 7.21. The van der Waals surface area contributed by atoms with Crippen LogP contribution in [0.2, 0.25) is 0 Å². The number of carbonyl (C=O) groups excluding carboxylic acids is 1. The summed E-state index contributed by atoms with van der Waals surface area (Å²) in [5, 5.41) is 10.5. The summed E-state index contributed by atoms with van der Waals surface area (Å²) >= 11 is 0. The molecule has 2 aromatic carbocycles. The molecule has 1 aliphatic heterocycles. The molecule has 1 amide bonds. The van der Waals surface area contributed by atoms with Crippen LogP contribution in [0.25, 0.3) is 0 Å². The molecule has 1 heterocycles. The number of carboxylic acid groups (broad SMARTS) is 1. The van der Waals surface area contributed by atoms with Gasteiger partial charge in [-0.3, -0.25) is 14.5 Å². The van der Waals surface area contributed by atoms with Crippen molar-refractivity contribution in [1.29, 1.82) is 0 Å². The van der Waals surface area contributed by atoms with E-state index in [2.05, 4.69) is 0 Å². The second-order valence-corrected chi connectivity index (χ2v) is 7.17. The average Bonchev–Trinajstić information content (AvgIpc) is 2.71. The number of hydroxylamine groups is 2. The molecule has 3 rings (SSSR count). The summed E-state index contributed by atoms with van der Waals surface area (Å²) in [7, 11) is 0. The molecule has 7 heteroatoms. The maximum absolute atomic E-state index is 12.9. The lowest BCUT2D eigenvalue weighted by Crippen LogP contribution is -2.54. The molecule has 1 unspecified atom stereocenters. The van der Waals surface area contributed by atoms with Crippen LogP contribution in [0.15, 0.2) is 60.7 Å². The first-order chi connectivity index (χ1) is 14.0. The Morgan fingerprint density at radius 3 is 2.38 bits per heavy atom. The van der Waals surface area contributed by atoms with Gasteiger partial charge in [-0.15, -0.1) is 0 Å². The van der Waals surface area contributed by atoms with Gasteiger partial charge >= 0.3 is 12.1 Å². The Morgan fingerprint density at radius 2 is 1.72 bits per heavy atom. The molecule has 0 radical (unpaired) electrons. The highest BCUT2D eigenvalue weighted by Gasteiger charge is 2.34. The number of ether oxygens (including phenoxy) is 1. The fourth-order valence-corrected chi connectivity index (χ4v) is 3.40. The van der Waals surface area contributed by atoms with Crippen molar-refractivity contribution < 1.29 is 24.3 Å². The molecule has 0 aliphatic carbocycles. The van der Waals surface area contributed by atoms with Gasteiger partial charge in [0.2, 0.25) is 0 Å². The molecule has 0 saturated carbocycles. The third kappa shape index (κ3) is 6.04. The van der Waals surface area contributed by atoms with E-state index in [0.29, 0.717) is 18.7 Å². The molecule has 0 aromatic heterocycles. The number of amides is 1. The van der Waals surface area contributed by atoms with Crippen LogP contribution >= 0.6 is 0 Å². The first kappa shape index (κ1) is 20.8. The van der Waals surface area contributed by atoms with Crippen molar-refractivity contribution in [2.75, 3.05) is 13.1 Å². The monoisotopic (exact) mass is 398 g/mol. The van der Waals surface area contributed by atoms with E-state index in [1.165, 1.54) is 5.06 Å². The Balaban J connectivity index is 1.73. The molecule has 7 nitrogen and oxygen atoms in total. The van der Waals surface area contributed by atoms with Crippen LogP contribution < -0.4 is 4.74 Å². The van der Waals surface area contributed by atoms with Crippen LogP contribution in [0.5, 0.6) is 5.75 Å². The Bertz CT molecular complexity index is 799. The number of rotatable bonds is 7. The lowest BCUT2D eigenvalue weighted by atomic mass is 9.99. The van der Waals surface area contributed by atoms with E-state index in [1.807, 2.05) is 48.2 Å². The Labute approximate surface area is 170 Å². The lowest BCUT2D eigenvalue weighted by molar-refractivity contribution is -0.177. The second kappa shape index (κ2) is 10.0. The summed E-state index contributed by atoms with van der Waals surface area (Å²) in [6.45, 7) is 2.55. The Hall–Kier alpha value is -2.90. The minimum Gasteiger partial charge on any atom is -0.480 e. The van der Waals surface area contributed by atoms with Crippen LogP contribution in [-0.2, 0) is 16.2 Å². The third-order valence-corrected chi connectivity index (χ3v) is 5.00. The van der Waals surface area contributed by atoms with E-state index in [9.17, 15) is 14.7 Å². The Morgan fingerprint density at radius 1 is 1.07 bits per heavy atom. The summed E-state index contributed by atoms with van der Waals surface area (Å²) in [6.07, 6.45) is 0.861. The van der Waals surface area contributed by atoms with Gasteiger partial charge in [-0.2, -0.15) is 5.06 Å². The SMILES string of the molecule is C[C@@H]1CCC(N(OCc2ccccc2)C(=O)Oc2ccccc2)CN1CC(=O)O. The molecule has 2 atom stereocenters. The predicted octanol–water partition coefficient (Wildman–Crippen LogP) is 3.56. The summed E-state index contributed by atoms with van der Waals surface area (Å²) in [4.78, 5) is 31.8. The average molecular weight is 398 g/mol. The zero-order valence-corrected chi connectivity index (χ0v) is 16.4. The fraction of sp³-hybridized carbons (Fsp3) is 0.364. The maximum atomic E-state index is 12.9. The van der Waals surface area contributed by atoms with E-state index in [1.54, 1.807) is 24.3 Å². The zero-order valence-electron chi connectivity index (χ0n) is 16.4. The molecule has 2 aromatic rings. The van der Waals surface area contributed by atoms with Gasteiger partial charge in [0, 0.05) is 12.6 Å². The first-order valence-electron chi connectivity index (χ1n) is 9.71. The normalized spacial score (nSPS) is 19.5. The van der Waals surface area contributed by atoms with Crippen LogP contribution in [0.1, 0.15) is 25.3 Å². The van der Waals surface area contributed by atoms with E-state index >= 15 is 0 Å². The molecule has 0 bridgehead atoms. The van der Waals surface area contributed by atoms with Crippen molar-refractivity contribution in [3.63, 3.8) is 0 Å². The van der Waals surface area contributed by atoms with E-state index in [0.717, 1.165) is 12.0 Å². The van der Waals surface area contributed by atoms with E-state index in [4.69, 9.17) is 9.57 Å². The second-order valence-electron chi connectivity index (χ2n) is 7.17. The number of aliphatic carboxylic acids is 1. The molecule has 1 aliphatic rings. The van der Waals surface area contributed by atoms with Gasteiger partial charge in [0.05, 0.1) is 12.6 Å². The quantitative estimate of drug-likeness (QED) is 0.719. The first-order valence-corrected chi connectivity index (χ1v) is 9.71. The van der Waals surface area contributed by atoms with Crippen molar-refractivity contribution in [3.05, 3.63) is 66.2 Å². The summed E-state index contributed by atoms with van der Waals surface area (Å²) < 4.78 is 5.49. The van der Waals surface area contributed by atoms with Gasteiger partial charge < -0.3 is 9.84 Å². The van der Waals surface area contributed by atoms with Gasteiger partial charge in [-0.1, -0.05) is 48.5 Å². The largest absolute Gasteiger partial charge is 0.480 e. The smallest absolute Gasteiger partial charge is 0.439 e. The fourth-order valence-electron chi connectivity index (χ4n) is 3.40.